The largest absolute Gasteiger partial charge is 0.294 e. The minimum Gasteiger partial charge on any atom is -0.294 e. The van der Waals surface area contributed by atoms with E-state index in [0.717, 1.165) is 166 Å². The van der Waals surface area contributed by atoms with Crippen LogP contribution in [0.5, 0.6) is 0 Å². The van der Waals surface area contributed by atoms with Crippen LogP contribution in [-0.4, -0.2) is 46.1 Å². The van der Waals surface area contributed by atoms with E-state index >= 15 is 0 Å². The van der Waals surface area contributed by atoms with Crippen molar-refractivity contribution in [3.63, 3.8) is 0 Å². The van der Waals surface area contributed by atoms with Gasteiger partial charge in [-0.05, 0) is 336 Å². The van der Waals surface area contributed by atoms with Crippen molar-refractivity contribution in [1.82, 2.24) is 9.80 Å². The second-order valence-corrected chi connectivity index (χ2v) is 32.9. The Kier molecular flexibility index (Phi) is 16.3. The highest BCUT2D eigenvalue weighted by molar-refractivity contribution is 5.17. The zero-order chi connectivity index (χ0) is 51.0. The fraction of sp³-hybridized carbons (Fsp3) is 0.946. The molecule has 14 aliphatic rings. The molecule has 0 aliphatic heterocycles. The normalized spacial score (nSPS) is 53.5. The Balaban J connectivity index is 0.677. The summed E-state index contributed by atoms with van der Waals surface area (Å²) in [6.45, 7) is 10.1. The van der Waals surface area contributed by atoms with E-state index in [2.05, 4.69) is 61.8 Å². The molecule has 0 spiro atoms. The van der Waals surface area contributed by atoms with Crippen molar-refractivity contribution in [2.24, 2.45) is 130 Å². The molecule has 16 atom stereocenters. The molecule has 14 aliphatic carbocycles. The van der Waals surface area contributed by atoms with Gasteiger partial charge in [0.25, 0.3) is 0 Å². The molecule has 2 heteroatoms. The number of allylic oxidation sites excluding steroid dienone is 4. The first-order valence-electron chi connectivity index (χ1n) is 36.2. The van der Waals surface area contributed by atoms with E-state index in [1.165, 1.54) is 154 Å². The third-order valence-electron chi connectivity index (χ3n) is 29.3. The topological polar surface area (TPSA) is 6.48 Å². The Morgan fingerprint density at radius 1 is 0.211 bits per heavy atom. The zero-order valence-corrected chi connectivity index (χ0v) is 50.2. The minimum atomic E-state index is 0.862. The second kappa shape index (κ2) is 23.2. The van der Waals surface area contributed by atoms with Gasteiger partial charge in [-0.2, -0.15) is 0 Å². The van der Waals surface area contributed by atoms with Crippen LogP contribution in [0.1, 0.15) is 272 Å². The molecule has 0 saturated heterocycles. The molecule has 0 bridgehead atoms. The van der Waals surface area contributed by atoms with Crippen LogP contribution in [0.2, 0.25) is 0 Å². The van der Waals surface area contributed by atoms with Crippen LogP contribution < -0.4 is 0 Å². The SMILES string of the molecule is CC1CCC(/C=C/C2CCC(N(C3CCC(C)CC3)C3CCC4C5CCC6C7CCC(N(C8CCC(C)CC8)C8CCC(/C=C/C9CCC(C)CC9)CC8)C8CCCC(C9CCC(C%10CCCC3C%104)C5C96)C78)CC2)CC1. The molecular weight excluding hydrogens is 917 g/mol. The van der Waals surface area contributed by atoms with Crippen LogP contribution >= 0.6 is 0 Å². The van der Waals surface area contributed by atoms with Crippen LogP contribution in [0.15, 0.2) is 24.3 Å². The van der Waals surface area contributed by atoms with Gasteiger partial charge >= 0.3 is 0 Å². The highest BCUT2D eigenvalue weighted by Gasteiger charge is 2.67. The molecule has 14 saturated carbocycles. The molecule has 0 heterocycles. The molecule has 14 rings (SSSR count). The summed E-state index contributed by atoms with van der Waals surface area (Å²) in [5.74, 6) is 22.6. The zero-order valence-electron chi connectivity index (χ0n) is 50.2. The van der Waals surface area contributed by atoms with Crippen molar-refractivity contribution < 1.29 is 0 Å². The lowest BCUT2D eigenvalue weighted by atomic mass is 9.35. The highest BCUT2D eigenvalue weighted by atomic mass is 15.2. The lowest BCUT2D eigenvalue weighted by Crippen LogP contribution is -2.67. The lowest BCUT2D eigenvalue weighted by Gasteiger charge is -2.71. The number of hydrogen-bond donors (Lipinski definition) is 0. The predicted octanol–water partition coefficient (Wildman–Crippen LogP) is 19.6. The van der Waals surface area contributed by atoms with Gasteiger partial charge in [0.15, 0.2) is 0 Å². The van der Waals surface area contributed by atoms with Crippen LogP contribution in [-0.2, 0) is 0 Å². The van der Waals surface area contributed by atoms with E-state index in [-0.39, 0.29) is 0 Å². The first kappa shape index (κ1) is 53.4. The summed E-state index contributed by atoms with van der Waals surface area (Å²) < 4.78 is 0. The van der Waals surface area contributed by atoms with Crippen LogP contribution in [0, 0.1) is 130 Å². The Hall–Kier alpha value is -0.600. The van der Waals surface area contributed by atoms with Gasteiger partial charge in [-0.1, -0.05) is 90.5 Å². The van der Waals surface area contributed by atoms with Gasteiger partial charge in [-0.3, -0.25) is 9.80 Å². The van der Waals surface area contributed by atoms with E-state index in [4.69, 9.17) is 0 Å². The van der Waals surface area contributed by atoms with Crippen LogP contribution in [0.3, 0.4) is 0 Å². The van der Waals surface area contributed by atoms with E-state index < -0.39 is 0 Å². The van der Waals surface area contributed by atoms with E-state index in [1.54, 1.807) is 89.9 Å². The Bertz CT molecular complexity index is 1750. The van der Waals surface area contributed by atoms with Gasteiger partial charge in [0.1, 0.15) is 0 Å². The van der Waals surface area contributed by atoms with Gasteiger partial charge in [0.05, 0.1) is 0 Å². The monoisotopic (exact) mass is 1040 g/mol. The predicted molar refractivity (Wildman–Crippen MR) is 320 cm³/mol. The summed E-state index contributed by atoms with van der Waals surface area (Å²) in [5, 5.41) is 0. The van der Waals surface area contributed by atoms with E-state index in [9.17, 15) is 0 Å². The number of hydrogen-bond acceptors (Lipinski definition) is 2. The van der Waals surface area contributed by atoms with Crippen molar-refractivity contribution in [3.05, 3.63) is 24.3 Å². The van der Waals surface area contributed by atoms with Crippen molar-refractivity contribution >= 4 is 0 Å². The average molecular weight is 1040 g/mol. The maximum atomic E-state index is 3.45. The third-order valence-corrected chi connectivity index (χ3v) is 29.3. The summed E-state index contributed by atoms with van der Waals surface area (Å²) in [6.07, 6.45) is 69.4. The molecule has 76 heavy (non-hydrogen) atoms. The molecule has 2 nitrogen and oxygen atoms in total. The Morgan fingerprint density at radius 3 is 0.750 bits per heavy atom. The molecule has 0 radical (unpaired) electrons. The Morgan fingerprint density at radius 2 is 0.434 bits per heavy atom. The fourth-order valence-electron chi connectivity index (χ4n) is 25.9. The maximum Gasteiger partial charge on any atom is 0.0132 e. The summed E-state index contributed by atoms with van der Waals surface area (Å²) in [7, 11) is 0. The quantitative estimate of drug-likeness (QED) is 0.201. The van der Waals surface area contributed by atoms with Gasteiger partial charge in [-0.25, -0.2) is 0 Å². The average Bonchev–Trinajstić information content (AvgIpc) is 3.65. The molecule has 14 fully saturated rings. The van der Waals surface area contributed by atoms with Crippen LogP contribution in [0.4, 0.5) is 0 Å². The van der Waals surface area contributed by atoms with Gasteiger partial charge in [-0.15, -0.1) is 0 Å². The number of rotatable bonds is 10. The summed E-state index contributed by atoms with van der Waals surface area (Å²) in [4.78, 5) is 6.90. The number of fused-ring (bicyclic) bond motifs is 4. The molecule has 0 N–H and O–H groups in total. The first-order valence-corrected chi connectivity index (χ1v) is 36.2. The standard InChI is InChI=1S/C74H120N2/c1-47-11-19-51(20-12-47)23-25-53-27-35-57(36-28-53)75(55-31-15-49(3)16-32-55)69-45-43-61-65-41-42-66-62-44-46-70(68-10-6-8-60(72(62)68)64-40-39-63(73(65)74(64)66)59-7-5-9-67(69)71(59)61)76(56-33-17-50(4)18-34-56)58-37-29-54(30-38-58)26-24-52-21-13-48(2)14-22-52/h23-26,47-74H,5-22,27-46H2,1-4H3/b25-23+,26-24+. The molecule has 0 aromatic heterocycles. The van der Waals surface area contributed by atoms with Gasteiger partial charge < -0.3 is 0 Å². The van der Waals surface area contributed by atoms with Crippen molar-refractivity contribution in [2.75, 3.05) is 0 Å². The number of nitrogens with zero attached hydrogens (tertiary/aromatic N) is 2. The van der Waals surface area contributed by atoms with Crippen molar-refractivity contribution in [1.29, 1.82) is 0 Å². The molecule has 0 aromatic rings. The van der Waals surface area contributed by atoms with Crippen molar-refractivity contribution in [3.8, 4) is 0 Å². The van der Waals surface area contributed by atoms with E-state index in [1.807, 2.05) is 0 Å². The maximum absolute atomic E-state index is 3.45. The second-order valence-electron chi connectivity index (χ2n) is 32.9. The summed E-state index contributed by atoms with van der Waals surface area (Å²) in [5.41, 5.74) is 0. The fourth-order valence-corrected chi connectivity index (χ4v) is 25.9. The third kappa shape index (κ3) is 10.3. The van der Waals surface area contributed by atoms with Gasteiger partial charge in [0, 0.05) is 36.3 Å². The van der Waals surface area contributed by atoms with Gasteiger partial charge in [0.2, 0.25) is 0 Å². The lowest BCUT2D eigenvalue weighted by molar-refractivity contribution is -0.227. The minimum absolute atomic E-state index is 0.862. The molecule has 426 valence electrons. The molecular formula is C74H120N2. The Labute approximate surface area is 469 Å². The van der Waals surface area contributed by atoms with E-state index in [0.29, 0.717) is 0 Å². The van der Waals surface area contributed by atoms with Crippen LogP contribution in [0.25, 0.3) is 0 Å². The molecule has 16 unspecified atom stereocenters. The molecule has 0 aromatic carbocycles. The first-order chi connectivity index (χ1) is 37.3. The molecule has 0 amide bonds. The highest BCUT2D eigenvalue weighted by Crippen LogP contribution is 2.72. The van der Waals surface area contributed by atoms with Crippen molar-refractivity contribution in [2.45, 2.75) is 308 Å². The summed E-state index contributed by atoms with van der Waals surface area (Å²) >= 11 is 0. The smallest absolute Gasteiger partial charge is 0.0132 e. The summed E-state index contributed by atoms with van der Waals surface area (Å²) in [6, 6.07) is 5.36.